The van der Waals surface area contributed by atoms with Crippen molar-refractivity contribution < 1.29 is 0 Å². The quantitative estimate of drug-likeness (QED) is 0.858. The predicted molar refractivity (Wildman–Crippen MR) is 86.1 cm³/mol. The molecule has 20 heavy (non-hydrogen) atoms. The largest absolute Gasteiger partial charge is 0.304 e. The molecule has 1 aromatic heterocycles. The second kappa shape index (κ2) is 5.84. The number of aromatic nitrogens is 2. The SMILES string of the molecule is CN1CCN(CCc2nn(C)c3cc(Br)ccc23)CC1. The molecule has 0 bridgehead atoms. The van der Waals surface area contributed by atoms with E-state index in [1.807, 2.05) is 11.7 Å². The van der Waals surface area contributed by atoms with Crippen molar-refractivity contribution >= 4 is 26.8 Å². The maximum absolute atomic E-state index is 4.69. The third-order valence-corrected chi connectivity index (χ3v) is 4.64. The minimum atomic E-state index is 1.03. The number of hydrogen-bond donors (Lipinski definition) is 0. The lowest BCUT2D eigenvalue weighted by molar-refractivity contribution is 0.155. The smallest absolute Gasteiger partial charge is 0.0716 e. The highest BCUT2D eigenvalue weighted by molar-refractivity contribution is 9.10. The lowest BCUT2D eigenvalue weighted by Crippen LogP contribution is -2.45. The van der Waals surface area contributed by atoms with E-state index < -0.39 is 0 Å². The van der Waals surface area contributed by atoms with Gasteiger partial charge in [-0.1, -0.05) is 15.9 Å². The Balaban J connectivity index is 1.71. The van der Waals surface area contributed by atoms with Gasteiger partial charge in [-0.25, -0.2) is 0 Å². The maximum atomic E-state index is 4.69. The summed E-state index contributed by atoms with van der Waals surface area (Å²) >= 11 is 3.53. The van der Waals surface area contributed by atoms with Gasteiger partial charge in [0.2, 0.25) is 0 Å². The van der Waals surface area contributed by atoms with Crippen LogP contribution in [-0.2, 0) is 13.5 Å². The molecule has 0 aliphatic carbocycles. The molecular weight excluding hydrogens is 316 g/mol. The first-order valence-corrected chi connectivity index (χ1v) is 7.95. The Morgan fingerprint density at radius 3 is 2.65 bits per heavy atom. The number of nitrogens with zero attached hydrogens (tertiary/aromatic N) is 4. The van der Waals surface area contributed by atoms with Gasteiger partial charge in [0.15, 0.2) is 0 Å². The number of hydrogen-bond acceptors (Lipinski definition) is 3. The van der Waals surface area contributed by atoms with Crippen molar-refractivity contribution in [2.24, 2.45) is 7.05 Å². The highest BCUT2D eigenvalue weighted by Crippen LogP contribution is 2.22. The Morgan fingerprint density at radius 1 is 1.15 bits per heavy atom. The Labute approximate surface area is 128 Å². The Hall–Kier alpha value is -0.910. The highest BCUT2D eigenvalue weighted by atomic mass is 79.9. The van der Waals surface area contributed by atoms with E-state index in [1.54, 1.807) is 0 Å². The number of piperazine rings is 1. The second-order valence-corrected chi connectivity index (χ2v) is 6.54. The molecule has 0 radical (unpaired) electrons. The molecule has 108 valence electrons. The summed E-state index contributed by atoms with van der Waals surface area (Å²) in [5.74, 6) is 0. The standard InChI is InChI=1S/C15H21BrN4/c1-18-7-9-20(10-8-18)6-5-14-13-4-3-12(16)11-15(13)19(2)17-14/h3-4,11H,5-10H2,1-2H3. The van der Waals surface area contributed by atoms with Crippen LogP contribution >= 0.6 is 15.9 Å². The topological polar surface area (TPSA) is 24.3 Å². The van der Waals surface area contributed by atoms with E-state index in [2.05, 4.69) is 56.1 Å². The lowest BCUT2D eigenvalue weighted by Gasteiger charge is -2.32. The summed E-state index contributed by atoms with van der Waals surface area (Å²) in [4.78, 5) is 4.93. The molecule has 1 aromatic carbocycles. The maximum Gasteiger partial charge on any atom is 0.0716 e. The van der Waals surface area contributed by atoms with Crippen LogP contribution in [0.4, 0.5) is 0 Å². The van der Waals surface area contributed by atoms with Crippen molar-refractivity contribution in [2.45, 2.75) is 6.42 Å². The molecule has 0 amide bonds. The molecule has 1 aliphatic rings. The number of fused-ring (bicyclic) bond motifs is 1. The van der Waals surface area contributed by atoms with Crippen molar-refractivity contribution in [3.63, 3.8) is 0 Å². The summed E-state index contributed by atoms with van der Waals surface area (Å²) in [7, 11) is 4.22. The number of likely N-dealkylation sites (N-methyl/N-ethyl adjacent to an activating group) is 1. The van der Waals surface area contributed by atoms with Gasteiger partial charge in [-0.15, -0.1) is 0 Å². The second-order valence-electron chi connectivity index (χ2n) is 5.63. The fourth-order valence-electron chi connectivity index (χ4n) is 2.83. The average Bonchev–Trinajstić information content (AvgIpc) is 2.74. The van der Waals surface area contributed by atoms with Crippen LogP contribution in [-0.4, -0.2) is 59.4 Å². The first kappa shape index (κ1) is 14.0. The van der Waals surface area contributed by atoms with Crippen LogP contribution in [0.1, 0.15) is 5.69 Å². The van der Waals surface area contributed by atoms with Gasteiger partial charge in [0.25, 0.3) is 0 Å². The normalized spacial score (nSPS) is 17.9. The van der Waals surface area contributed by atoms with Gasteiger partial charge < -0.3 is 9.80 Å². The highest BCUT2D eigenvalue weighted by Gasteiger charge is 2.15. The van der Waals surface area contributed by atoms with E-state index in [1.165, 1.54) is 42.8 Å². The summed E-state index contributed by atoms with van der Waals surface area (Å²) in [6, 6.07) is 6.41. The summed E-state index contributed by atoms with van der Waals surface area (Å²) < 4.78 is 3.10. The lowest BCUT2D eigenvalue weighted by atomic mass is 10.1. The molecule has 0 spiro atoms. The molecule has 3 rings (SSSR count). The average molecular weight is 337 g/mol. The molecule has 5 heteroatoms. The van der Waals surface area contributed by atoms with Crippen molar-refractivity contribution in [1.29, 1.82) is 0 Å². The van der Waals surface area contributed by atoms with Gasteiger partial charge >= 0.3 is 0 Å². The number of rotatable bonds is 3. The molecule has 0 unspecified atom stereocenters. The number of benzene rings is 1. The van der Waals surface area contributed by atoms with Crippen molar-refractivity contribution in [3.8, 4) is 0 Å². The molecule has 2 aromatic rings. The van der Waals surface area contributed by atoms with E-state index >= 15 is 0 Å². The zero-order valence-corrected chi connectivity index (χ0v) is 13.7. The van der Waals surface area contributed by atoms with Gasteiger partial charge in [-0.3, -0.25) is 4.68 Å². The van der Waals surface area contributed by atoms with Crippen LogP contribution in [0, 0.1) is 0 Å². The zero-order valence-electron chi connectivity index (χ0n) is 12.1. The fraction of sp³-hybridized carbons (Fsp3) is 0.533. The minimum Gasteiger partial charge on any atom is -0.304 e. The first-order chi connectivity index (χ1) is 9.63. The van der Waals surface area contributed by atoms with Gasteiger partial charge in [-0.05, 0) is 25.2 Å². The van der Waals surface area contributed by atoms with E-state index in [-0.39, 0.29) is 0 Å². The summed E-state index contributed by atoms with van der Waals surface area (Å²) in [5.41, 5.74) is 2.42. The van der Waals surface area contributed by atoms with Crippen LogP contribution in [0.15, 0.2) is 22.7 Å². The van der Waals surface area contributed by atoms with Gasteiger partial charge in [0, 0.05) is 56.1 Å². The number of aryl methyl sites for hydroxylation is 1. The monoisotopic (exact) mass is 336 g/mol. The predicted octanol–water partition coefficient (Wildman–Crippen LogP) is 2.13. The third kappa shape index (κ3) is 2.90. The Kier molecular flexibility index (Phi) is 4.10. The Bertz CT molecular complexity index is 599. The van der Waals surface area contributed by atoms with Crippen LogP contribution in [0.5, 0.6) is 0 Å². The molecule has 0 atom stereocenters. The van der Waals surface area contributed by atoms with Crippen LogP contribution < -0.4 is 0 Å². The first-order valence-electron chi connectivity index (χ1n) is 7.15. The van der Waals surface area contributed by atoms with Crippen LogP contribution in [0.25, 0.3) is 10.9 Å². The van der Waals surface area contributed by atoms with Gasteiger partial charge in [0.1, 0.15) is 0 Å². The molecule has 1 fully saturated rings. The van der Waals surface area contributed by atoms with Crippen molar-refractivity contribution in [2.75, 3.05) is 39.8 Å². The molecule has 4 nitrogen and oxygen atoms in total. The molecule has 0 saturated carbocycles. The Morgan fingerprint density at radius 2 is 1.90 bits per heavy atom. The van der Waals surface area contributed by atoms with E-state index in [0.717, 1.165) is 17.4 Å². The molecule has 0 N–H and O–H groups in total. The van der Waals surface area contributed by atoms with E-state index in [4.69, 9.17) is 0 Å². The molecular formula is C15H21BrN4. The minimum absolute atomic E-state index is 1.03. The summed E-state index contributed by atoms with van der Waals surface area (Å²) in [6.07, 6.45) is 1.03. The zero-order chi connectivity index (χ0) is 14.1. The van der Waals surface area contributed by atoms with Crippen LogP contribution in [0.3, 0.4) is 0 Å². The summed E-state index contributed by atoms with van der Waals surface area (Å²) in [5, 5.41) is 5.97. The van der Waals surface area contributed by atoms with E-state index in [9.17, 15) is 0 Å². The summed E-state index contributed by atoms with van der Waals surface area (Å²) in [6.45, 7) is 5.81. The van der Waals surface area contributed by atoms with Gasteiger partial charge in [-0.2, -0.15) is 5.10 Å². The van der Waals surface area contributed by atoms with Crippen molar-refractivity contribution in [3.05, 3.63) is 28.4 Å². The third-order valence-electron chi connectivity index (χ3n) is 4.15. The molecule has 1 aliphatic heterocycles. The molecule has 1 saturated heterocycles. The van der Waals surface area contributed by atoms with Crippen molar-refractivity contribution in [1.82, 2.24) is 19.6 Å². The molecule has 2 heterocycles. The fourth-order valence-corrected chi connectivity index (χ4v) is 3.17. The van der Waals surface area contributed by atoms with E-state index in [0.29, 0.717) is 0 Å². The van der Waals surface area contributed by atoms with Gasteiger partial charge in [0.05, 0.1) is 11.2 Å². The number of halogens is 1. The van der Waals surface area contributed by atoms with Crippen LogP contribution in [0.2, 0.25) is 0 Å².